The number of esters is 1. The van der Waals surface area contributed by atoms with E-state index >= 15 is 0 Å². The quantitative estimate of drug-likeness (QED) is 0.143. The molecule has 0 aliphatic heterocycles. The average molecular weight is 637 g/mol. The average Bonchev–Trinajstić information content (AvgIpc) is 3.27. The minimum Gasteiger partial charge on any atom is -0.478 e. The van der Waals surface area contributed by atoms with Crippen molar-refractivity contribution in [3.05, 3.63) is 65.3 Å². The molecule has 0 heterocycles. The minimum absolute atomic E-state index is 0. The van der Waals surface area contributed by atoms with E-state index in [9.17, 15) is 24.9 Å². The fourth-order valence-electron chi connectivity index (χ4n) is 7.62. The molecule has 240 valence electrons. The molecule has 1 aromatic carbocycles. The SMILES string of the molecule is C=C1/C(=C\C=C2/CCC[C@]3(C)[C@@H]([C@H](C)CCCC(C)(C)O)CC[C@@H]23)C[C@@H](O)C[C@@H]1O.CC(=O)Oc1ccccc1C(=O)O.[Ca]. The van der Waals surface area contributed by atoms with Crippen molar-refractivity contribution < 1.29 is 34.8 Å². The maximum absolute atomic E-state index is 10.6. The Kier molecular flexibility index (Phi) is 14.9. The zero-order valence-corrected chi connectivity index (χ0v) is 29.6. The summed E-state index contributed by atoms with van der Waals surface area (Å²) in [5.74, 6) is 0.530. The summed E-state index contributed by atoms with van der Waals surface area (Å²) in [6, 6.07) is 5.98. The second kappa shape index (κ2) is 16.9. The molecule has 44 heavy (non-hydrogen) atoms. The number of hydrogen-bond donors (Lipinski definition) is 4. The number of ether oxygens (including phenoxy) is 1. The Labute approximate surface area is 293 Å². The van der Waals surface area contributed by atoms with Crippen LogP contribution in [0.3, 0.4) is 0 Å². The van der Waals surface area contributed by atoms with E-state index in [4.69, 9.17) is 5.11 Å². The van der Waals surface area contributed by atoms with Gasteiger partial charge in [0.25, 0.3) is 0 Å². The summed E-state index contributed by atoms with van der Waals surface area (Å²) in [4.78, 5) is 21.2. The molecule has 3 saturated carbocycles. The Hall–Kier alpha value is -1.48. The number of aliphatic hydroxyl groups excluding tert-OH is 2. The predicted molar refractivity (Wildman–Crippen MR) is 175 cm³/mol. The molecule has 6 atom stereocenters. The first-order valence-corrected chi connectivity index (χ1v) is 15.8. The van der Waals surface area contributed by atoms with E-state index in [1.807, 2.05) is 13.8 Å². The van der Waals surface area contributed by atoms with Gasteiger partial charge in [-0.3, -0.25) is 4.79 Å². The number of carbonyl (C=O) groups excluding carboxylic acids is 1. The molecule has 0 spiro atoms. The molecule has 4 N–H and O–H groups in total. The Morgan fingerprint density at radius 2 is 1.86 bits per heavy atom. The number of carbonyl (C=O) groups is 2. The Balaban J connectivity index is 0.000000406. The van der Waals surface area contributed by atoms with Gasteiger partial charge in [-0.1, -0.05) is 63.1 Å². The summed E-state index contributed by atoms with van der Waals surface area (Å²) in [6.45, 7) is 14.1. The number of hydrogen-bond acceptors (Lipinski definition) is 6. The third-order valence-corrected chi connectivity index (χ3v) is 9.81. The maximum atomic E-state index is 10.6. The first-order valence-electron chi connectivity index (χ1n) is 15.8. The summed E-state index contributed by atoms with van der Waals surface area (Å²) in [7, 11) is 0. The van der Waals surface area contributed by atoms with Crippen molar-refractivity contribution in [3.8, 4) is 5.75 Å². The first kappa shape index (κ1) is 38.7. The number of aliphatic hydroxyl groups is 3. The number of benzene rings is 1. The van der Waals surface area contributed by atoms with Gasteiger partial charge in [-0.15, -0.1) is 0 Å². The molecule has 7 nitrogen and oxygen atoms in total. The van der Waals surface area contributed by atoms with E-state index in [0.717, 1.165) is 29.9 Å². The summed E-state index contributed by atoms with van der Waals surface area (Å²) >= 11 is 0. The van der Waals surface area contributed by atoms with Crippen LogP contribution in [0, 0.1) is 23.2 Å². The van der Waals surface area contributed by atoms with Crippen LogP contribution >= 0.6 is 0 Å². The van der Waals surface area contributed by atoms with E-state index in [0.29, 0.717) is 30.1 Å². The van der Waals surface area contributed by atoms with Crippen LogP contribution in [0.5, 0.6) is 5.75 Å². The van der Waals surface area contributed by atoms with Crippen LogP contribution in [0.15, 0.2) is 59.7 Å². The fourth-order valence-corrected chi connectivity index (χ4v) is 7.62. The Morgan fingerprint density at radius 3 is 2.50 bits per heavy atom. The number of rotatable bonds is 8. The number of carboxylic acid groups (broad SMARTS) is 1. The fraction of sp³-hybridized carbons (Fsp3) is 0.611. The Bertz CT molecular complexity index is 1210. The zero-order valence-electron chi connectivity index (χ0n) is 27.3. The first-order chi connectivity index (χ1) is 20.1. The molecule has 0 saturated heterocycles. The molecule has 0 bridgehead atoms. The molecule has 0 amide bonds. The molecular weight excluding hydrogens is 584 g/mol. The molecule has 3 aliphatic rings. The number of fused-ring (bicyclic) bond motifs is 1. The predicted octanol–water partition coefficient (Wildman–Crippen LogP) is 6.63. The molecular formula is C36H52CaO7. The molecule has 1 aromatic rings. The topological polar surface area (TPSA) is 124 Å². The summed E-state index contributed by atoms with van der Waals surface area (Å²) < 4.78 is 4.69. The van der Waals surface area contributed by atoms with Crippen molar-refractivity contribution in [2.45, 2.75) is 117 Å². The van der Waals surface area contributed by atoms with E-state index in [1.165, 1.54) is 57.6 Å². The third-order valence-electron chi connectivity index (χ3n) is 9.81. The van der Waals surface area contributed by atoms with E-state index in [1.54, 1.807) is 17.7 Å². The standard InChI is InChI=1S/C27H44O3.C9H8O4.Ca/c1-18(8-6-14-26(3,4)30)23-12-13-24-20(9-7-15-27(23,24)5)10-11-21-16-22(28)17-25(29)19(21)2;1-6(10)13-8-5-3-2-4-7(8)9(11)12;/h10-11,18,22-25,28-30H,2,6-9,12-17H2,1,3-5H3;2-5H,1H3,(H,11,12);/b20-10+,21-11-;;/t18-,22-,23-,24+,25+,27-;;/m1../s1. The van der Waals surface area contributed by atoms with Gasteiger partial charge in [0, 0.05) is 51.1 Å². The van der Waals surface area contributed by atoms with Crippen LogP contribution in [-0.2, 0) is 4.79 Å². The van der Waals surface area contributed by atoms with Gasteiger partial charge < -0.3 is 25.2 Å². The van der Waals surface area contributed by atoms with Crippen molar-refractivity contribution in [1.82, 2.24) is 0 Å². The minimum atomic E-state index is -1.11. The number of aromatic carboxylic acids is 1. The van der Waals surface area contributed by atoms with Gasteiger partial charge in [0.05, 0.1) is 17.8 Å². The van der Waals surface area contributed by atoms with Gasteiger partial charge in [0.15, 0.2) is 0 Å². The van der Waals surface area contributed by atoms with Crippen molar-refractivity contribution >= 4 is 49.7 Å². The van der Waals surface area contributed by atoms with Gasteiger partial charge in [-0.2, -0.15) is 0 Å². The van der Waals surface area contributed by atoms with Crippen molar-refractivity contribution in [2.75, 3.05) is 0 Å². The van der Waals surface area contributed by atoms with Crippen molar-refractivity contribution in [1.29, 1.82) is 0 Å². The van der Waals surface area contributed by atoms with Gasteiger partial charge in [-0.05, 0) is 105 Å². The van der Waals surface area contributed by atoms with E-state index < -0.39 is 29.7 Å². The number of allylic oxidation sites excluding steroid dienone is 3. The second-order valence-electron chi connectivity index (χ2n) is 13.7. The van der Waals surface area contributed by atoms with E-state index in [2.05, 4.69) is 37.3 Å². The summed E-state index contributed by atoms with van der Waals surface area (Å²) in [5, 5.41) is 38.9. The number of carboxylic acids is 1. The third kappa shape index (κ3) is 10.5. The van der Waals surface area contributed by atoms with Gasteiger partial charge in [0.1, 0.15) is 11.3 Å². The molecule has 3 aliphatic carbocycles. The molecule has 4 rings (SSSR count). The molecule has 8 heteroatoms. The largest absolute Gasteiger partial charge is 0.478 e. The monoisotopic (exact) mass is 636 g/mol. The van der Waals surface area contributed by atoms with E-state index in [-0.39, 0.29) is 49.1 Å². The molecule has 2 radical (unpaired) electrons. The number of para-hydroxylation sites is 1. The van der Waals surface area contributed by atoms with Crippen LogP contribution in [0.1, 0.15) is 109 Å². The van der Waals surface area contributed by atoms with Gasteiger partial charge in [-0.25, -0.2) is 4.79 Å². The zero-order chi connectivity index (χ0) is 31.9. The smallest absolute Gasteiger partial charge is 0.339 e. The summed E-state index contributed by atoms with van der Waals surface area (Å²) in [5.41, 5.74) is 3.15. The maximum Gasteiger partial charge on any atom is 0.339 e. The second-order valence-corrected chi connectivity index (χ2v) is 13.7. The van der Waals surface area contributed by atoms with Gasteiger partial charge >= 0.3 is 11.9 Å². The van der Waals surface area contributed by atoms with Crippen molar-refractivity contribution in [2.24, 2.45) is 23.2 Å². The molecule has 0 aromatic heterocycles. The van der Waals surface area contributed by atoms with Crippen LogP contribution in [0.4, 0.5) is 0 Å². The summed E-state index contributed by atoms with van der Waals surface area (Å²) in [6.07, 6.45) is 13.9. The molecule has 3 fully saturated rings. The Morgan fingerprint density at radius 1 is 1.18 bits per heavy atom. The van der Waals surface area contributed by atoms with Crippen LogP contribution in [0.25, 0.3) is 0 Å². The molecule has 0 unspecified atom stereocenters. The van der Waals surface area contributed by atoms with Crippen molar-refractivity contribution in [3.63, 3.8) is 0 Å². The van der Waals surface area contributed by atoms with Crippen LogP contribution in [-0.4, -0.2) is 87.9 Å². The van der Waals surface area contributed by atoms with Gasteiger partial charge in [0.2, 0.25) is 0 Å². The van der Waals surface area contributed by atoms with Crippen LogP contribution < -0.4 is 4.74 Å². The normalized spacial score (nSPS) is 29.2. The van der Waals surface area contributed by atoms with Crippen LogP contribution in [0.2, 0.25) is 0 Å².